The summed E-state index contributed by atoms with van der Waals surface area (Å²) in [6.45, 7) is 10.2. The summed E-state index contributed by atoms with van der Waals surface area (Å²) in [5, 5.41) is 3.51. The number of H-pyrrole nitrogens is 1. The van der Waals surface area contributed by atoms with Gasteiger partial charge in [-0.2, -0.15) is 0 Å². The van der Waals surface area contributed by atoms with E-state index >= 15 is 0 Å². The van der Waals surface area contributed by atoms with Crippen LogP contribution in [0.5, 0.6) is 0 Å². The van der Waals surface area contributed by atoms with E-state index in [1.807, 2.05) is 0 Å². The van der Waals surface area contributed by atoms with E-state index in [4.69, 9.17) is 4.74 Å². The van der Waals surface area contributed by atoms with Crippen molar-refractivity contribution in [3.05, 3.63) is 62.8 Å². The highest BCUT2D eigenvalue weighted by atomic mass is 16.5. The number of hydrogen-bond acceptors (Lipinski definition) is 4. The second-order valence-electron chi connectivity index (χ2n) is 7.50. The van der Waals surface area contributed by atoms with Gasteiger partial charge in [-0.05, 0) is 30.9 Å². The van der Waals surface area contributed by atoms with Crippen molar-refractivity contribution in [1.82, 2.24) is 15.3 Å². The van der Waals surface area contributed by atoms with Crippen LogP contribution in [0.2, 0.25) is 0 Å². The molecule has 0 amide bonds. The topological polar surface area (TPSA) is 67.0 Å². The number of rotatable bonds is 5. The van der Waals surface area contributed by atoms with Gasteiger partial charge in [0.1, 0.15) is 5.82 Å². The van der Waals surface area contributed by atoms with Crippen LogP contribution in [0.1, 0.15) is 61.8 Å². The molecule has 3 rings (SSSR count). The molecule has 1 aromatic carbocycles. The van der Waals surface area contributed by atoms with Crippen molar-refractivity contribution < 1.29 is 4.74 Å². The fourth-order valence-corrected chi connectivity index (χ4v) is 3.07. The third kappa shape index (κ3) is 3.99. The van der Waals surface area contributed by atoms with E-state index in [0.717, 1.165) is 5.69 Å². The van der Waals surface area contributed by atoms with Crippen molar-refractivity contribution in [1.29, 1.82) is 0 Å². The van der Waals surface area contributed by atoms with E-state index in [1.54, 1.807) is 0 Å². The summed E-state index contributed by atoms with van der Waals surface area (Å²) in [5.74, 6) is 1.20. The van der Waals surface area contributed by atoms with Crippen LogP contribution < -0.4 is 10.9 Å². The quantitative estimate of drug-likeness (QED) is 0.877. The first-order valence-corrected chi connectivity index (χ1v) is 8.91. The number of nitrogens with zero attached hydrogens (tertiary/aromatic N) is 1. The van der Waals surface area contributed by atoms with Gasteiger partial charge in [0.25, 0.3) is 5.56 Å². The summed E-state index contributed by atoms with van der Waals surface area (Å²) in [7, 11) is 0. The fraction of sp³-hybridized carbons (Fsp3) is 0.500. The van der Waals surface area contributed by atoms with Gasteiger partial charge >= 0.3 is 0 Å². The van der Waals surface area contributed by atoms with Crippen molar-refractivity contribution >= 4 is 0 Å². The number of hydrogen-bond donors (Lipinski definition) is 2. The molecule has 2 N–H and O–H groups in total. The lowest BCUT2D eigenvalue weighted by Crippen LogP contribution is -2.37. The van der Waals surface area contributed by atoms with Gasteiger partial charge in [-0.25, -0.2) is 4.98 Å². The lowest BCUT2D eigenvalue weighted by molar-refractivity contribution is 0.107. The molecule has 1 aromatic heterocycles. The Kier molecular flexibility index (Phi) is 5.06. The largest absolute Gasteiger partial charge is 0.376 e. The van der Waals surface area contributed by atoms with Crippen molar-refractivity contribution in [3.63, 3.8) is 0 Å². The molecule has 0 saturated heterocycles. The molecular weight excluding hydrogens is 314 g/mol. The minimum Gasteiger partial charge on any atom is -0.376 e. The van der Waals surface area contributed by atoms with Crippen LogP contribution in [0.25, 0.3) is 0 Å². The Morgan fingerprint density at radius 1 is 1.28 bits per heavy atom. The maximum atomic E-state index is 12.2. The van der Waals surface area contributed by atoms with Crippen LogP contribution in [0.3, 0.4) is 0 Å². The second kappa shape index (κ2) is 7.10. The highest BCUT2D eigenvalue weighted by molar-refractivity contribution is 5.29. The van der Waals surface area contributed by atoms with E-state index in [2.05, 4.69) is 67.2 Å². The molecule has 1 aliphatic heterocycles. The molecule has 0 bridgehead atoms. The lowest BCUT2D eigenvalue weighted by atomic mass is 9.91. The molecule has 0 spiro atoms. The standard InChI is InChI=1S/C20H27N3O2/c1-13(2)14-5-7-15(8-6-14)20(3,4)21-11-18-22-17-9-10-25-12-16(17)19(24)23-18/h5-8,13,21H,9-12H2,1-4H3,(H,22,23,24). The van der Waals surface area contributed by atoms with Crippen molar-refractivity contribution in [2.75, 3.05) is 6.61 Å². The first-order chi connectivity index (χ1) is 11.9. The van der Waals surface area contributed by atoms with Gasteiger partial charge in [-0.3, -0.25) is 4.79 Å². The van der Waals surface area contributed by atoms with E-state index < -0.39 is 0 Å². The van der Waals surface area contributed by atoms with Crippen LogP contribution in [0.4, 0.5) is 0 Å². The minimum absolute atomic E-state index is 0.0828. The van der Waals surface area contributed by atoms with E-state index in [-0.39, 0.29) is 11.1 Å². The molecule has 134 valence electrons. The number of benzene rings is 1. The molecule has 0 saturated carbocycles. The zero-order valence-electron chi connectivity index (χ0n) is 15.5. The number of ether oxygens (including phenoxy) is 1. The van der Waals surface area contributed by atoms with Gasteiger partial charge in [0.15, 0.2) is 0 Å². The second-order valence-corrected chi connectivity index (χ2v) is 7.50. The molecule has 0 unspecified atom stereocenters. The fourth-order valence-electron chi connectivity index (χ4n) is 3.07. The summed E-state index contributed by atoms with van der Waals surface area (Å²) in [6.07, 6.45) is 0.701. The summed E-state index contributed by atoms with van der Waals surface area (Å²) in [6, 6.07) is 8.70. The van der Waals surface area contributed by atoms with Crippen LogP contribution in [0, 0.1) is 0 Å². The van der Waals surface area contributed by atoms with E-state index in [9.17, 15) is 4.79 Å². The Balaban J connectivity index is 1.73. The van der Waals surface area contributed by atoms with Gasteiger partial charge in [0.05, 0.1) is 31.0 Å². The first kappa shape index (κ1) is 17.8. The van der Waals surface area contributed by atoms with E-state index in [1.165, 1.54) is 11.1 Å². The van der Waals surface area contributed by atoms with Crippen LogP contribution in [-0.4, -0.2) is 16.6 Å². The minimum atomic E-state index is -0.215. The summed E-state index contributed by atoms with van der Waals surface area (Å²) >= 11 is 0. The zero-order valence-corrected chi connectivity index (χ0v) is 15.5. The van der Waals surface area contributed by atoms with Gasteiger partial charge in [0, 0.05) is 12.0 Å². The molecule has 1 aliphatic rings. The highest BCUT2D eigenvalue weighted by Crippen LogP contribution is 2.23. The van der Waals surface area contributed by atoms with Crippen LogP contribution in [-0.2, 0) is 29.8 Å². The normalized spacial score (nSPS) is 14.6. The molecule has 2 aromatic rings. The smallest absolute Gasteiger partial charge is 0.256 e. The number of aromatic amines is 1. The molecule has 0 radical (unpaired) electrons. The van der Waals surface area contributed by atoms with Crippen molar-refractivity contribution in [2.45, 2.75) is 58.7 Å². The summed E-state index contributed by atoms with van der Waals surface area (Å²) in [5.41, 5.74) is 3.78. The van der Waals surface area contributed by atoms with Crippen molar-refractivity contribution in [3.8, 4) is 0 Å². The molecule has 0 atom stereocenters. The molecular formula is C20H27N3O2. The Hall–Kier alpha value is -1.98. The Morgan fingerprint density at radius 2 is 2.00 bits per heavy atom. The number of nitrogens with one attached hydrogen (secondary N) is 2. The molecule has 5 nitrogen and oxygen atoms in total. The average molecular weight is 341 g/mol. The highest BCUT2D eigenvalue weighted by Gasteiger charge is 2.21. The van der Waals surface area contributed by atoms with Crippen LogP contribution >= 0.6 is 0 Å². The Bertz CT molecular complexity index is 792. The van der Waals surface area contributed by atoms with Crippen LogP contribution in [0.15, 0.2) is 29.1 Å². The average Bonchev–Trinajstić information content (AvgIpc) is 2.60. The predicted molar refractivity (Wildman–Crippen MR) is 98.6 cm³/mol. The number of aromatic nitrogens is 2. The van der Waals surface area contributed by atoms with Gasteiger partial charge in [0.2, 0.25) is 0 Å². The Labute approximate surface area is 148 Å². The molecule has 0 aliphatic carbocycles. The monoisotopic (exact) mass is 341 g/mol. The Morgan fingerprint density at radius 3 is 2.68 bits per heavy atom. The molecule has 0 fully saturated rings. The molecule has 25 heavy (non-hydrogen) atoms. The third-order valence-electron chi connectivity index (χ3n) is 4.88. The summed E-state index contributed by atoms with van der Waals surface area (Å²) < 4.78 is 5.34. The van der Waals surface area contributed by atoms with Gasteiger partial charge < -0.3 is 15.0 Å². The predicted octanol–water partition coefficient (Wildman–Crippen LogP) is 2.99. The van der Waals surface area contributed by atoms with E-state index in [0.29, 0.717) is 43.5 Å². The third-order valence-corrected chi connectivity index (χ3v) is 4.88. The number of fused-ring (bicyclic) bond motifs is 1. The SMILES string of the molecule is CC(C)c1ccc(C(C)(C)NCc2nc3c(c(=O)[nH]2)COCC3)cc1. The molecule has 5 heteroatoms. The van der Waals surface area contributed by atoms with Crippen molar-refractivity contribution in [2.24, 2.45) is 0 Å². The molecule has 2 heterocycles. The maximum Gasteiger partial charge on any atom is 0.256 e. The maximum absolute atomic E-state index is 12.2. The van der Waals surface area contributed by atoms with Gasteiger partial charge in [-0.15, -0.1) is 0 Å². The zero-order chi connectivity index (χ0) is 18.0. The summed E-state index contributed by atoms with van der Waals surface area (Å²) in [4.78, 5) is 19.7. The first-order valence-electron chi connectivity index (χ1n) is 8.91. The van der Waals surface area contributed by atoms with Gasteiger partial charge in [-0.1, -0.05) is 38.1 Å². The lowest BCUT2D eigenvalue weighted by Gasteiger charge is -2.27.